The van der Waals surface area contributed by atoms with E-state index >= 15 is 0 Å². The normalized spacial score (nSPS) is 29.2. The van der Waals surface area contributed by atoms with Crippen LogP contribution in [0.5, 0.6) is 0 Å². The summed E-state index contributed by atoms with van der Waals surface area (Å²) in [4.78, 5) is 0. The number of hydrogen-bond acceptors (Lipinski definition) is 1. The quantitative estimate of drug-likeness (QED) is 0.796. The lowest BCUT2D eigenvalue weighted by Gasteiger charge is -2.36. The van der Waals surface area contributed by atoms with Gasteiger partial charge < -0.3 is 5.32 Å². The Morgan fingerprint density at radius 3 is 2.21 bits per heavy atom. The monoisotopic (exact) mass is 299 g/mol. The van der Waals surface area contributed by atoms with Crippen LogP contribution in [0.4, 0.5) is 0 Å². The summed E-state index contributed by atoms with van der Waals surface area (Å²) in [6.07, 6.45) is 3.93. The molecule has 0 heterocycles. The number of benzene rings is 1. The van der Waals surface area contributed by atoms with Crippen LogP contribution in [0, 0.1) is 17.8 Å². The first kappa shape index (κ1) is 15.2. The minimum atomic E-state index is 0.375. The Hall–Kier alpha value is -0.240. The maximum absolute atomic E-state index is 6.15. The van der Waals surface area contributed by atoms with E-state index in [4.69, 9.17) is 23.2 Å². The molecule has 0 aliphatic heterocycles. The van der Waals surface area contributed by atoms with Gasteiger partial charge in [-0.25, -0.2) is 0 Å². The van der Waals surface area contributed by atoms with Gasteiger partial charge in [0.25, 0.3) is 0 Å². The SMILES string of the molecule is CNC(c1ccc(Cl)c(Cl)c1)C1CC(C)CC(C)C1. The largest absolute Gasteiger partial charge is 0.313 e. The van der Waals surface area contributed by atoms with Crippen LogP contribution < -0.4 is 5.32 Å². The average molecular weight is 300 g/mol. The van der Waals surface area contributed by atoms with E-state index in [0.717, 1.165) is 11.8 Å². The summed E-state index contributed by atoms with van der Waals surface area (Å²) < 4.78 is 0. The van der Waals surface area contributed by atoms with E-state index in [9.17, 15) is 0 Å². The first-order chi connectivity index (χ1) is 9.01. The summed E-state index contributed by atoms with van der Waals surface area (Å²) >= 11 is 12.2. The number of halogens is 2. The van der Waals surface area contributed by atoms with Crippen LogP contribution >= 0.6 is 23.2 Å². The molecule has 1 nitrogen and oxygen atoms in total. The minimum Gasteiger partial charge on any atom is -0.313 e. The lowest BCUT2D eigenvalue weighted by Crippen LogP contribution is -2.31. The van der Waals surface area contributed by atoms with Gasteiger partial charge in [-0.3, -0.25) is 0 Å². The smallest absolute Gasteiger partial charge is 0.0595 e. The highest BCUT2D eigenvalue weighted by atomic mass is 35.5. The topological polar surface area (TPSA) is 12.0 Å². The van der Waals surface area contributed by atoms with Crippen LogP contribution in [0.2, 0.25) is 10.0 Å². The molecule has 1 fully saturated rings. The third-order valence-corrected chi connectivity index (χ3v) is 5.04. The molecule has 0 amide bonds. The fourth-order valence-electron chi connectivity index (χ4n) is 3.66. The van der Waals surface area contributed by atoms with Crippen molar-refractivity contribution in [2.45, 2.75) is 39.2 Å². The van der Waals surface area contributed by atoms with E-state index in [2.05, 4.69) is 25.2 Å². The molecular weight excluding hydrogens is 277 g/mol. The first-order valence-electron chi connectivity index (χ1n) is 7.13. The van der Waals surface area contributed by atoms with Crippen LogP contribution in [0.25, 0.3) is 0 Å². The van der Waals surface area contributed by atoms with Gasteiger partial charge in [0.2, 0.25) is 0 Å². The van der Waals surface area contributed by atoms with E-state index in [-0.39, 0.29) is 0 Å². The van der Waals surface area contributed by atoms with Crippen molar-refractivity contribution < 1.29 is 0 Å². The maximum atomic E-state index is 6.15. The molecule has 1 N–H and O–H groups in total. The van der Waals surface area contributed by atoms with E-state index < -0.39 is 0 Å². The summed E-state index contributed by atoms with van der Waals surface area (Å²) in [5.41, 5.74) is 1.25. The second-order valence-electron chi connectivity index (χ2n) is 6.12. The third kappa shape index (κ3) is 3.65. The molecule has 3 atom stereocenters. The molecule has 1 aliphatic carbocycles. The second-order valence-corrected chi connectivity index (χ2v) is 6.93. The van der Waals surface area contributed by atoms with Crippen molar-refractivity contribution in [2.75, 3.05) is 7.05 Å². The lowest BCUT2D eigenvalue weighted by molar-refractivity contribution is 0.180. The molecule has 1 aromatic carbocycles. The van der Waals surface area contributed by atoms with Crippen LogP contribution in [0.3, 0.4) is 0 Å². The fourth-order valence-corrected chi connectivity index (χ4v) is 3.97. The highest BCUT2D eigenvalue weighted by molar-refractivity contribution is 6.42. The Balaban J connectivity index is 2.21. The molecule has 3 unspecified atom stereocenters. The second kappa shape index (κ2) is 6.47. The molecule has 2 rings (SSSR count). The maximum Gasteiger partial charge on any atom is 0.0595 e. The molecule has 106 valence electrons. The first-order valence-corrected chi connectivity index (χ1v) is 7.89. The number of nitrogens with one attached hydrogen (secondary N) is 1. The van der Waals surface area contributed by atoms with Crippen LogP contribution in [0.15, 0.2) is 18.2 Å². The minimum absolute atomic E-state index is 0.375. The van der Waals surface area contributed by atoms with Crippen LogP contribution in [-0.4, -0.2) is 7.05 Å². The summed E-state index contributed by atoms with van der Waals surface area (Å²) in [6, 6.07) is 6.38. The zero-order valence-corrected chi connectivity index (χ0v) is 13.4. The van der Waals surface area contributed by atoms with E-state index in [0.29, 0.717) is 22.0 Å². The Kier molecular flexibility index (Phi) is 5.16. The lowest BCUT2D eigenvalue weighted by atomic mass is 9.72. The van der Waals surface area contributed by atoms with Crippen molar-refractivity contribution in [2.24, 2.45) is 17.8 Å². The summed E-state index contributed by atoms with van der Waals surface area (Å²) in [6.45, 7) is 4.73. The Bertz CT molecular complexity index is 423. The summed E-state index contributed by atoms with van der Waals surface area (Å²) in [7, 11) is 2.04. The molecule has 0 radical (unpaired) electrons. The molecule has 1 aliphatic rings. The summed E-state index contributed by atoms with van der Waals surface area (Å²) in [5, 5.41) is 4.75. The van der Waals surface area contributed by atoms with Crippen LogP contribution in [-0.2, 0) is 0 Å². The van der Waals surface area contributed by atoms with Crippen LogP contribution in [0.1, 0.15) is 44.7 Å². The van der Waals surface area contributed by atoms with Gasteiger partial charge in [0.05, 0.1) is 10.0 Å². The van der Waals surface area contributed by atoms with Crippen molar-refractivity contribution in [1.82, 2.24) is 5.32 Å². The molecule has 0 spiro atoms. The van der Waals surface area contributed by atoms with Gasteiger partial charge in [0, 0.05) is 6.04 Å². The van der Waals surface area contributed by atoms with Crippen molar-refractivity contribution >= 4 is 23.2 Å². The zero-order valence-electron chi connectivity index (χ0n) is 11.9. The molecule has 19 heavy (non-hydrogen) atoms. The van der Waals surface area contributed by atoms with Crippen molar-refractivity contribution in [3.8, 4) is 0 Å². The number of hydrogen-bond donors (Lipinski definition) is 1. The van der Waals surface area contributed by atoms with Crippen molar-refractivity contribution in [1.29, 1.82) is 0 Å². The van der Waals surface area contributed by atoms with Gasteiger partial charge in [-0.05, 0) is 61.8 Å². The average Bonchev–Trinajstić information content (AvgIpc) is 2.33. The standard InChI is InChI=1S/C16H23Cl2N/c1-10-6-11(2)8-13(7-10)16(19-3)12-4-5-14(17)15(18)9-12/h4-5,9-11,13,16,19H,6-8H2,1-3H3. The predicted molar refractivity (Wildman–Crippen MR) is 83.9 cm³/mol. The van der Waals surface area contributed by atoms with Gasteiger partial charge in [0.15, 0.2) is 0 Å². The van der Waals surface area contributed by atoms with Gasteiger partial charge in [-0.2, -0.15) is 0 Å². The molecular formula is C16H23Cl2N. The van der Waals surface area contributed by atoms with Gasteiger partial charge in [-0.15, -0.1) is 0 Å². The molecule has 0 saturated heterocycles. The van der Waals surface area contributed by atoms with Gasteiger partial charge >= 0.3 is 0 Å². The molecule has 0 aromatic heterocycles. The van der Waals surface area contributed by atoms with Gasteiger partial charge in [-0.1, -0.05) is 43.1 Å². The van der Waals surface area contributed by atoms with E-state index in [1.165, 1.54) is 24.8 Å². The molecule has 0 bridgehead atoms. The van der Waals surface area contributed by atoms with Crippen molar-refractivity contribution in [3.63, 3.8) is 0 Å². The molecule has 1 aromatic rings. The number of rotatable bonds is 3. The molecule has 1 saturated carbocycles. The molecule has 3 heteroatoms. The van der Waals surface area contributed by atoms with Gasteiger partial charge in [0.1, 0.15) is 0 Å². The zero-order chi connectivity index (χ0) is 14.0. The Morgan fingerprint density at radius 1 is 1.05 bits per heavy atom. The van der Waals surface area contributed by atoms with E-state index in [1.807, 2.05) is 19.2 Å². The van der Waals surface area contributed by atoms with Crippen molar-refractivity contribution in [3.05, 3.63) is 33.8 Å². The Labute approximate surface area is 126 Å². The fraction of sp³-hybridized carbons (Fsp3) is 0.625. The van der Waals surface area contributed by atoms with E-state index in [1.54, 1.807) is 0 Å². The predicted octanol–water partition coefficient (Wildman–Crippen LogP) is 5.33. The highest BCUT2D eigenvalue weighted by Gasteiger charge is 2.30. The summed E-state index contributed by atoms with van der Waals surface area (Å²) in [5.74, 6) is 2.31. The third-order valence-electron chi connectivity index (χ3n) is 4.30. The highest BCUT2D eigenvalue weighted by Crippen LogP contribution is 2.40. The Morgan fingerprint density at radius 2 is 1.68 bits per heavy atom.